The van der Waals surface area contributed by atoms with E-state index in [1.54, 1.807) is 0 Å². The van der Waals surface area contributed by atoms with E-state index in [4.69, 9.17) is 28.1 Å². The van der Waals surface area contributed by atoms with Gasteiger partial charge in [0.2, 0.25) is 11.7 Å². The van der Waals surface area contributed by atoms with Crippen molar-refractivity contribution in [1.29, 1.82) is 0 Å². The highest BCUT2D eigenvalue weighted by atomic mass is 16.7. The maximum Gasteiger partial charge on any atom is 0.229 e. The molecule has 0 saturated carbocycles. The Kier molecular flexibility index (Phi) is 7.75. The molecular formula is C25H28O15. The first kappa shape index (κ1) is 28.3. The van der Waals surface area contributed by atoms with Crippen LogP contribution in [0.25, 0.3) is 21.9 Å². The fourth-order valence-corrected chi connectivity index (χ4v) is 4.60. The summed E-state index contributed by atoms with van der Waals surface area (Å²) in [5.41, 5.74) is -1.19. The molecule has 0 spiro atoms. The highest BCUT2D eigenvalue weighted by Crippen LogP contribution is 2.37. The Morgan fingerprint density at radius 3 is 2.33 bits per heavy atom. The molecule has 2 aromatic carbocycles. The zero-order valence-electron chi connectivity index (χ0n) is 20.9. The van der Waals surface area contributed by atoms with E-state index in [1.165, 1.54) is 25.3 Å². The molecule has 2 saturated heterocycles. The largest absolute Gasteiger partial charge is 0.507 e. The van der Waals surface area contributed by atoms with Gasteiger partial charge in [0, 0.05) is 12.1 Å². The third kappa shape index (κ3) is 4.91. The summed E-state index contributed by atoms with van der Waals surface area (Å²) in [6.07, 6.45) is -14.3. The number of methoxy groups -OCH3 is 1. The zero-order chi connectivity index (χ0) is 28.9. The molecule has 218 valence electrons. The van der Waals surface area contributed by atoms with Crippen LogP contribution in [0.5, 0.6) is 23.0 Å². The SMILES string of the molecule is COc1cc(O)c2c(=O)c3c(OC4OC(COC5OCC(O)C(O)C5O)C(O)C(O)C4O)ccc(O)c3oc2c1. The minimum Gasteiger partial charge on any atom is -0.507 e. The average molecular weight is 568 g/mol. The number of hydrogen-bond acceptors (Lipinski definition) is 15. The average Bonchev–Trinajstić information content (AvgIpc) is 2.93. The summed E-state index contributed by atoms with van der Waals surface area (Å²) in [7, 11) is 1.35. The van der Waals surface area contributed by atoms with Crippen molar-refractivity contribution in [3.05, 3.63) is 34.5 Å². The van der Waals surface area contributed by atoms with Gasteiger partial charge < -0.3 is 69.0 Å². The number of aliphatic hydroxyl groups excluding tert-OH is 6. The summed E-state index contributed by atoms with van der Waals surface area (Å²) >= 11 is 0. The van der Waals surface area contributed by atoms with Crippen molar-refractivity contribution in [3.63, 3.8) is 0 Å². The molecule has 0 amide bonds. The van der Waals surface area contributed by atoms with Crippen LogP contribution in [-0.2, 0) is 14.2 Å². The number of phenols is 2. The molecule has 5 rings (SSSR count). The molecule has 0 aliphatic carbocycles. The molecule has 15 nitrogen and oxygen atoms in total. The second-order valence-corrected chi connectivity index (χ2v) is 9.45. The van der Waals surface area contributed by atoms with E-state index in [0.29, 0.717) is 0 Å². The van der Waals surface area contributed by atoms with Gasteiger partial charge in [0.15, 0.2) is 17.6 Å². The van der Waals surface area contributed by atoms with Gasteiger partial charge in [-0.1, -0.05) is 0 Å². The van der Waals surface area contributed by atoms with E-state index < -0.39 is 78.8 Å². The van der Waals surface area contributed by atoms with Crippen LogP contribution < -0.4 is 14.9 Å². The summed E-state index contributed by atoms with van der Waals surface area (Å²) < 4.78 is 32.6. The van der Waals surface area contributed by atoms with E-state index in [0.717, 1.165) is 6.07 Å². The molecule has 9 unspecified atom stereocenters. The van der Waals surface area contributed by atoms with E-state index in [9.17, 15) is 45.6 Å². The molecule has 2 aliphatic heterocycles. The molecule has 2 fully saturated rings. The Morgan fingerprint density at radius 2 is 1.60 bits per heavy atom. The molecule has 40 heavy (non-hydrogen) atoms. The molecule has 3 heterocycles. The number of phenolic OH excluding ortho intramolecular Hbond substituents is 2. The summed E-state index contributed by atoms with van der Waals surface area (Å²) in [6.45, 7) is -0.855. The number of hydrogen-bond donors (Lipinski definition) is 8. The van der Waals surface area contributed by atoms with Gasteiger partial charge in [-0.05, 0) is 12.1 Å². The Morgan fingerprint density at radius 1 is 0.875 bits per heavy atom. The van der Waals surface area contributed by atoms with Crippen molar-refractivity contribution in [2.24, 2.45) is 0 Å². The van der Waals surface area contributed by atoms with Gasteiger partial charge in [-0.2, -0.15) is 0 Å². The van der Waals surface area contributed by atoms with Gasteiger partial charge in [-0.25, -0.2) is 0 Å². The van der Waals surface area contributed by atoms with E-state index >= 15 is 0 Å². The third-order valence-corrected chi connectivity index (χ3v) is 6.85. The monoisotopic (exact) mass is 568 g/mol. The van der Waals surface area contributed by atoms with Gasteiger partial charge in [-0.3, -0.25) is 4.79 Å². The number of benzene rings is 2. The predicted octanol–water partition coefficient (Wildman–Crippen LogP) is -1.99. The Hall–Kier alpha value is -3.25. The Bertz CT molecular complexity index is 1440. The lowest BCUT2D eigenvalue weighted by atomic mass is 9.99. The van der Waals surface area contributed by atoms with Crippen molar-refractivity contribution >= 4 is 21.9 Å². The van der Waals surface area contributed by atoms with Crippen LogP contribution in [-0.4, -0.2) is 116 Å². The fraction of sp³-hybridized carbons (Fsp3) is 0.480. The van der Waals surface area contributed by atoms with Crippen LogP contribution in [0.1, 0.15) is 0 Å². The van der Waals surface area contributed by atoms with Crippen molar-refractivity contribution in [3.8, 4) is 23.0 Å². The fourth-order valence-electron chi connectivity index (χ4n) is 4.60. The van der Waals surface area contributed by atoms with E-state index in [2.05, 4.69) is 0 Å². The van der Waals surface area contributed by atoms with Crippen LogP contribution in [0.3, 0.4) is 0 Å². The van der Waals surface area contributed by atoms with Crippen LogP contribution in [0.2, 0.25) is 0 Å². The lowest BCUT2D eigenvalue weighted by Crippen LogP contribution is -2.61. The smallest absolute Gasteiger partial charge is 0.229 e. The number of fused-ring (bicyclic) bond motifs is 2. The van der Waals surface area contributed by atoms with E-state index in [-0.39, 0.29) is 40.0 Å². The second-order valence-electron chi connectivity index (χ2n) is 9.45. The van der Waals surface area contributed by atoms with Gasteiger partial charge >= 0.3 is 0 Å². The third-order valence-electron chi connectivity index (χ3n) is 6.85. The summed E-state index contributed by atoms with van der Waals surface area (Å²) in [6, 6.07) is 4.86. The molecule has 0 radical (unpaired) electrons. The standard InChI is InChI=1S/C25H28O15/c1-35-8-4-10(27)15-13(5-8)38-23-9(26)2-3-12(16(23)19(15)31)39-25-22(34)20(32)18(30)14(40-25)7-37-24-21(33)17(29)11(28)6-36-24/h2-5,11,14,17-18,20-22,24-30,32-34H,6-7H2,1H3. The van der Waals surface area contributed by atoms with E-state index in [1.807, 2.05) is 0 Å². The Balaban J connectivity index is 1.43. The molecule has 15 heteroatoms. The van der Waals surface area contributed by atoms with Gasteiger partial charge in [0.05, 0.1) is 20.3 Å². The molecule has 1 aromatic heterocycles. The van der Waals surface area contributed by atoms with Crippen LogP contribution >= 0.6 is 0 Å². The highest BCUT2D eigenvalue weighted by Gasteiger charge is 2.46. The van der Waals surface area contributed by atoms with Gasteiger partial charge in [0.1, 0.15) is 76.3 Å². The van der Waals surface area contributed by atoms with Crippen LogP contribution in [0.15, 0.2) is 33.5 Å². The van der Waals surface area contributed by atoms with Crippen LogP contribution in [0, 0.1) is 0 Å². The first-order valence-electron chi connectivity index (χ1n) is 12.1. The summed E-state index contributed by atoms with van der Waals surface area (Å²) in [5, 5.41) is 81.1. The molecule has 0 bridgehead atoms. The summed E-state index contributed by atoms with van der Waals surface area (Å²) in [5.74, 6) is -0.965. The highest BCUT2D eigenvalue weighted by molar-refractivity contribution is 5.98. The maximum atomic E-state index is 13.4. The van der Waals surface area contributed by atoms with Crippen LogP contribution in [0.4, 0.5) is 0 Å². The van der Waals surface area contributed by atoms with Gasteiger partial charge in [0.25, 0.3) is 0 Å². The predicted molar refractivity (Wildman–Crippen MR) is 131 cm³/mol. The minimum absolute atomic E-state index is 0.0868. The maximum absolute atomic E-state index is 13.4. The van der Waals surface area contributed by atoms with Crippen molar-refractivity contribution < 1.29 is 69.0 Å². The first-order valence-corrected chi connectivity index (χ1v) is 12.1. The number of aromatic hydroxyl groups is 2. The second kappa shape index (κ2) is 11.0. The van der Waals surface area contributed by atoms with Crippen molar-refractivity contribution in [2.75, 3.05) is 20.3 Å². The number of aliphatic hydroxyl groups is 6. The Labute approximate surface area is 224 Å². The normalized spacial score (nSPS) is 32.8. The van der Waals surface area contributed by atoms with Gasteiger partial charge in [-0.15, -0.1) is 0 Å². The molecule has 9 atom stereocenters. The summed E-state index contributed by atoms with van der Waals surface area (Å²) in [4.78, 5) is 13.4. The minimum atomic E-state index is -1.83. The zero-order valence-corrected chi connectivity index (χ0v) is 20.9. The molecule has 2 aliphatic rings. The lowest BCUT2D eigenvalue weighted by molar-refractivity contribution is -0.307. The topological polar surface area (TPSA) is 238 Å². The number of ether oxygens (including phenoxy) is 5. The molecule has 8 N–H and O–H groups in total. The molecular weight excluding hydrogens is 540 g/mol. The molecule has 3 aromatic rings. The number of rotatable bonds is 6. The van der Waals surface area contributed by atoms with Crippen molar-refractivity contribution in [2.45, 2.75) is 55.3 Å². The quantitative estimate of drug-likeness (QED) is 0.150. The lowest BCUT2D eigenvalue weighted by Gasteiger charge is -2.41. The first-order chi connectivity index (χ1) is 19.0. The van der Waals surface area contributed by atoms with Crippen molar-refractivity contribution in [1.82, 2.24) is 0 Å².